The summed E-state index contributed by atoms with van der Waals surface area (Å²) in [5.74, 6) is 2.42. The van der Waals surface area contributed by atoms with Crippen LogP contribution in [-0.2, 0) is 18.4 Å². The Bertz CT molecular complexity index is 410. The summed E-state index contributed by atoms with van der Waals surface area (Å²) in [6.45, 7) is 1.66. The summed E-state index contributed by atoms with van der Waals surface area (Å²) in [5.41, 5.74) is 2.48. The first-order valence-corrected chi connectivity index (χ1v) is 5.46. The van der Waals surface area contributed by atoms with E-state index >= 15 is 0 Å². The van der Waals surface area contributed by atoms with Crippen LogP contribution < -0.4 is 0 Å². The second-order valence-corrected chi connectivity index (χ2v) is 4.41. The van der Waals surface area contributed by atoms with E-state index in [2.05, 4.69) is 18.1 Å². The molecule has 0 saturated carbocycles. The summed E-state index contributed by atoms with van der Waals surface area (Å²) in [7, 11) is 0. The standard InChI is InChI=1S/C14H16O/c1-3-14(2,15)13-9-8-11-6-4-5-7-12(11)10-13/h1,8-10,15H,4-7H2,2H3. The van der Waals surface area contributed by atoms with Gasteiger partial charge in [0, 0.05) is 0 Å². The lowest BCUT2D eigenvalue weighted by atomic mass is 9.87. The normalized spacial score (nSPS) is 18.7. The third-order valence-corrected chi connectivity index (χ3v) is 3.19. The van der Waals surface area contributed by atoms with Crippen molar-refractivity contribution >= 4 is 0 Å². The van der Waals surface area contributed by atoms with E-state index < -0.39 is 5.60 Å². The van der Waals surface area contributed by atoms with Crippen molar-refractivity contribution in [3.8, 4) is 12.3 Å². The molecule has 78 valence electrons. The van der Waals surface area contributed by atoms with Crippen LogP contribution in [0.5, 0.6) is 0 Å². The highest BCUT2D eigenvalue weighted by Crippen LogP contribution is 2.27. The van der Waals surface area contributed by atoms with Gasteiger partial charge in [-0.15, -0.1) is 6.42 Å². The number of terminal acetylenes is 1. The molecule has 0 fully saturated rings. The Morgan fingerprint density at radius 1 is 1.27 bits per heavy atom. The maximum absolute atomic E-state index is 9.96. The van der Waals surface area contributed by atoms with E-state index in [1.807, 2.05) is 6.07 Å². The minimum absolute atomic E-state index is 0.839. The molecule has 0 bridgehead atoms. The van der Waals surface area contributed by atoms with Gasteiger partial charge in [0.15, 0.2) is 0 Å². The van der Waals surface area contributed by atoms with Crippen molar-refractivity contribution in [1.29, 1.82) is 0 Å². The molecule has 0 saturated heterocycles. The summed E-state index contributed by atoms with van der Waals surface area (Å²) in [5, 5.41) is 9.96. The van der Waals surface area contributed by atoms with Crippen LogP contribution in [-0.4, -0.2) is 5.11 Å². The zero-order valence-corrected chi connectivity index (χ0v) is 9.09. The fourth-order valence-corrected chi connectivity index (χ4v) is 2.12. The van der Waals surface area contributed by atoms with Gasteiger partial charge in [0.25, 0.3) is 0 Å². The predicted octanol–water partition coefficient (Wildman–Crippen LogP) is 2.41. The number of aryl methyl sites for hydroxylation is 2. The van der Waals surface area contributed by atoms with Crippen molar-refractivity contribution in [1.82, 2.24) is 0 Å². The van der Waals surface area contributed by atoms with Gasteiger partial charge in [-0.1, -0.05) is 24.1 Å². The smallest absolute Gasteiger partial charge is 0.147 e. The Kier molecular flexibility index (Phi) is 2.54. The molecule has 1 aliphatic carbocycles. The quantitative estimate of drug-likeness (QED) is 0.690. The van der Waals surface area contributed by atoms with Crippen LogP contribution >= 0.6 is 0 Å². The molecule has 1 heteroatoms. The van der Waals surface area contributed by atoms with E-state index in [1.54, 1.807) is 6.92 Å². The largest absolute Gasteiger partial charge is 0.374 e. The molecule has 1 unspecified atom stereocenters. The zero-order chi connectivity index (χ0) is 10.9. The van der Waals surface area contributed by atoms with Crippen molar-refractivity contribution in [3.63, 3.8) is 0 Å². The second-order valence-electron chi connectivity index (χ2n) is 4.41. The van der Waals surface area contributed by atoms with Crippen molar-refractivity contribution in [3.05, 3.63) is 34.9 Å². The van der Waals surface area contributed by atoms with Gasteiger partial charge in [0.2, 0.25) is 0 Å². The van der Waals surface area contributed by atoms with Gasteiger partial charge in [0.05, 0.1) is 0 Å². The van der Waals surface area contributed by atoms with Gasteiger partial charge >= 0.3 is 0 Å². The third kappa shape index (κ3) is 1.91. The van der Waals surface area contributed by atoms with E-state index in [0.717, 1.165) is 18.4 Å². The number of fused-ring (bicyclic) bond motifs is 1. The summed E-state index contributed by atoms with van der Waals surface area (Å²) in [6, 6.07) is 6.12. The van der Waals surface area contributed by atoms with E-state index in [1.165, 1.54) is 24.0 Å². The lowest BCUT2D eigenvalue weighted by molar-refractivity contribution is 0.122. The lowest BCUT2D eigenvalue weighted by Crippen LogP contribution is -2.19. The van der Waals surface area contributed by atoms with Crippen LogP contribution in [0.15, 0.2) is 18.2 Å². The molecule has 0 aromatic heterocycles. The van der Waals surface area contributed by atoms with E-state index in [9.17, 15) is 5.11 Å². The molecule has 1 aliphatic rings. The molecule has 15 heavy (non-hydrogen) atoms. The minimum Gasteiger partial charge on any atom is -0.374 e. The third-order valence-electron chi connectivity index (χ3n) is 3.19. The Morgan fingerprint density at radius 3 is 2.60 bits per heavy atom. The Morgan fingerprint density at radius 2 is 1.93 bits per heavy atom. The second kappa shape index (κ2) is 3.72. The van der Waals surface area contributed by atoms with Crippen LogP contribution in [0, 0.1) is 12.3 Å². The van der Waals surface area contributed by atoms with Crippen molar-refractivity contribution < 1.29 is 5.11 Å². The summed E-state index contributed by atoms with van der Waals surface area (Å²) >= 11 is 0. The number of benzene rings is 1. The molecule has 0 spiro atoms. The fraction of sp³-hybridized carbons (Fsp3) is 0.429. The van der Waals surface area contributed by atoms with Crippen molar-refractivity contribution in [2.24, 2.45) is 0 Å². The molecule has 1 aromatic rings. The summed E-state index contributed by atoms with van der Waals surface area (Å²) in [6.07, 6.45) is 10.1. The molecule has 1 nitrogen and oxygen atoms in total. The van der Waals surface area contributed by atoms with Gasteiger partial charge in [-0.2, -0.15) is 0 Å². The minimum atomic E-state index is -1.13. The van der Waals surface area contributed by atoms with Crippen molar-refractivity contribution in [2.45, 2.75) is 38.2 Å². The molecular formula is C14H16O. The lowest BCUT2D eigenvalue weighted by Gasteiger charge is -2.21. The maximum Gasteiger partial charge on any atom is 0.147 e. The van der Waals surface area contributed by atoms with Gasteiger partial charge in [-0.05, 0) is 49.3 Å². The first-order chi connectivity index (χ1) is 7.13. The SMILES string of the molecule is C#CC(C)(O)c1ccc2c(c1)CCCC2. The summed E-state index contributed by atoms with van der Waals surface area (Å²) in [4.78, 5) is 0. The molecule has 0 amide bonds. The molecule has 1 aromatic carbocycles. The molecule has 1 atom stereocenters. The first kappa shape index (κ1) is 10.3. The highest BCUT2D eigenvalue weighted by atomic mass is 16.3. The average Bonchev–Trinajstić information content (AvgIpc) is 2.28. The topological polar surface area (TPSA) is 20.2 Å². The highest BCUT2D eigenvalue weighted by molar-refractivity contribution is 5.38. The van der Waals surface area contributed by atoms with Crippen molar-refractivity contribution in [2.75, 3.05) is 0 Å². The Balaban J connectivity index is 2.41. The molecule has 1 N–H and O–H groups in total. The molecule has 0 aliphatic heterocycles. The van der Waals surface area contributed by atoms with Gasteiger partial charge in [-0.3, -0.25) is 0 Å². The van der Waals surface area contributed by atoms with E-state index in [0.29, 0.717) is 0 Å². The van der Waals surface area contributed by atoms with Crippen LogP contribution in [0.1, 0.15) is 36.5 Å². The zero-order valence-electron chi connectivity index (χ0n) is 9.09. The number of hydrogen-bond donors (Lipinski definition) is 1. The Labute approximate surface area is 91.1 Å². The molecule has 0 heterocycles. The Hall–Kier alpha value is -1.26. The number of hydrogen-bond acceptors (Lipinski definition) is 1. The number of aliphatic hydroxyl groups is 1. The van der Waals surface area contributed by atoms with Crippen LogP contribution in [0.2, 0.25) is 0 Å². The van der Waals surface area contributed by atoms with Crippen LogP contribution in [0.3, 0.4) is 0 Å². The average molecular weight is 200 g/mol. The molecular weight excluding hydrogens is 184 g/mol. The summed E-state index contributed by atoms with van der Waals surface area (Å²) < 4.78 is 0. The highest BCUT2D eigenvalue weighted by Gasteiger charge is 2.21. The van der Waals surface area contributed by atoms with Crippen LogP contribution in [0.25, 0.3) is 0 Å². The molecule has 2 rings (SSSR count). The number of rotatable bonds is 1. The van der Waals surface area contributed by atoms with Gasteiger partial charge in [0.1, 0.15) is 5.60 Å². The van der Waals surface area contributed by atoms with E-state index in [4.69, 9.17) is 6.42 Å². The van der Waals surface area contributed by atoms with E-state index in [-0.39, 0.29) is 0 Å². The van der Waals surface area contributed by atoms with Gasteiger partial charge in [-0.25, -0.2) is 0 Å². The van der Waals surface area contributed by atoms with Crippen LogP contribution in [0.4, 0.5) is 0 Å². The first-order valence-electron chi connectivity index (χ1n) is 5.46. The maximum atomic E-state index is 9.96. The molecule has 0 radical (unpaired) electrons. The van der Waals surface area contributed by atoms with Gasteiger partial charge < -0.3 is 5.11 Å². The predicted molar refractivity (Wildman–Crippen MR) is 61.5 cm³/mol. The monoisotopic (exact) mass is 200 g/mol. The fourth-order valence-electron chi connectivity index (χ4n) is 2.12.